The molecule has 1 saturated heterocycles. The summed E-state index contributed by atoms with van der Waals surface area (Å²) in [4.78, 5) is 11.1. The van der Waals surface area contributed by atoms with Crippen molar-refractivity contribution in [3.8, 4) is 11.5 Å². The van der Waals surface area contributed by atoms with Gasteiger partial charge in [0.2, 0.25) is 0 Å². The first-order valence-corrected chi connectivity index (χ1v) is 9.68. The van der Waals surface area contributed by atoms with E-state index in [9.17, 15) is 25.2 Å². The minimum absolute atomic E-state index is 0.174. The summed E-state index contributed by atoms with van der Waals surface area (Å²) >= 11 is 0. The van der Waals surface area contributed by atoms with Gasteiger partial charge in [-0.2, -0.15) is 0 Å². The van der Waals surface area contributed by atoms with Crippen molar-refractivity contribution in [2.45, 2.75) is 36.9 Å². The summed E-state index contributed by atoms with van der Waals surface area (Å²) in [5, 5.41) is 49.3. The van der Waals surface area contributed by atoms with E-state index in [1.165, 1.54) is 26.4 Å². The van der Waals surface area contributed by atoms with Crippen LogP contribution in [0.5, 0.6) is 11.5 Å². The number of hydrogen-bond acceptors (Lipinski definition) is 8. The molecule has 0 aromatic heterocycles. The number of rotatable bonds is 7. The molecule has 2 aromatic carbocycles. The molecule has 0 spiro atoms. The molecule has 5 atom stereocenters. The number of ether oxygens (including phenoxy) is 3. The number of methoxy groups -OCH3 is 2. The zero-order chi connectivity index (χ0) is 22.7. The lowest BCUT2D eigenvalue weighted by atomic mass is 9.89. The second kappa shape index (κ2) is 9.63. The zero-order valence-electron chi connectivity index (χ0n) is 17.1. The van der Waals surface area contributed by atoms with Crippen LogP contribution >= 0.6 is 0 Å². The van der Waals surface area contributed by atoms with Crippen LogP contribution in [0.2, 0.25) is 0 Å². The molecule has 3 rings (SSSR count). The molecule has 9 nitrogen and oxygen atoms in total. The number of carboxylic acids is 1. The Hall–Kier alpha value is -2.69. The number of aromatic carboxylic acids is 1. The summed E-state index contributed by atoms with van der Waals surface area (Å²) in [7, 11) is 2.94. The minimum atomic E-state index is -1.52. The van der Waals surface area contributed by atoms with Gasteiger partial charge >= 0.3 is 5.97 Å². The lowest BCUT2D eigenvalue weighted by molar-refractivity contribution is -0.232. The van der Waals surface area contributed by atoms with Gasteiger partial charge in [0.25, 0.3) is 0 Å². The predicted molar refractivity (Wildman–Crippen MR) is 108 cm³/mol. The largest absolute Gasteiger partial charge is 0.496 e. The van der Waals surface area contributed by atoms with Crippen molar-refractivity contribution in [3.05, 3.63) is 58.7 Å². The van der Waals surface area contributed by atoms with Crippen LogP contribution in [0.15, 0.2) is 36.4 Å². The van der Waals surface area contributed by atoms with Crippen LogP contribution in [0.4, 0.5) is 0 Å². The fraction of sp³-hybridized carbons (Fsp3) is 0.409. The van der Waals surface area contributed by atoms with Crippen LogP contribution in [0.25, 0.3) is 0 Å². The molecule has 5 N–H and O–H groups in total. The summed E-state index contributed by atoms with van der Waals surface area (Å²) in [6, 6.07) is 9.73. The second-order valence-corrected chi connectivity index (χ2v) is 7.33. The van der Waals surface area contributed by atoms with Crippen LogP contribution in [0, 0.1) is 0 Å². The first-order valence-electron chi connectivity index (χ1n) is 9.68. The van der Waals surface area contributed by atoms with Crippen LogP contribution in [-0.2, 0) is 11.2 Å². The summed E-state index contributed by atoms with van der Waals surface area (Å²) < 4.78 is 16.6. The van der Waals surface area contributed by atoms with Crippen molar-refractivity contribution >= 4 is 5.97 Å². The van der Waals surface area contributed by atoms with Crippen molar-refractivity contribution in [3.63, 3.8) is 0 Å². The van der Waals surface area contributed by atoms with E-state index in [0.29, 0.717) is 29.0 Å². The fourth-order valence-corrected chi connectivity index (χ4v) is 3.70. The van der Waals surface area contributed by atoms with E-state index in [1.54, 1.807) is 24.3 Å². The van der Waals surface area contributed by atoms with Gasteiger partial charge in [-0.05, 0) is 29.3 Å². The standard InChI is InChI=1S/C22H26O9/c1-29-15-9-16(30-2)14(21-20(26)19(25)18(24)17(10-23)31-21)8-13(15)7-11-3-5-12(6-4-11)22(27)28/h3-6,8-9,17-21,23-26H,7,10H2,1-2H3,(H,27,28)/t17-,18+,19+,20-,21+/m1/s1. The Kier molecular flexibility index (Phi) is 7.14. The Balaban J connectivity index is 2.00. The summed E-state index contributed by atoms with van der Waals surface area (Å²) in [5.74, 6) is -0.169. The summed E-state index contributed by atoms with van der Waals surface area (Å²) in [6.45, 7) is -0.539. The molecule has 31 heavy (non-hydrogen) atoms. The molecule has 0 amide bonds. The van der Waals surface area contributed by atoms with Crippen molar-refractivity contribution in [1.29, 1.82) is 0 Å². The first kappa shape index (κ1) is 23.0. The molecule has 0 bridgehead atoms. The molecule has 9 heteroatoms. The number of benzene rings is 2. The summed E-state index contributed by atoms with van der Waals surface area (Å²) in [5.41, 5.74) is 2.12. The molecular formula is C22H26O9. The normalized spacial score (nSPS) is 25.8. The average molecular weight is 434 g/mol. The molecular weight excluding hydrogens is 408 g/mol. The second-order valence-electron chi connectivity index (χ2n) is 7.33. The van der Waals surface area contributed by atoms with E-state index in [0.717, 1.165) is 5.56 Å². The van der Waals surface area contributed by atoms with Gasteiger partial charge < -0.3 is 39.7 Å². The van der Waals surface area contributed by atoms with Crippen LogP contribution in [-0.4, -0.2) is 76.7 Å². The SMILES string of the molecule is COc1cc(OC)c([C@@H]2O[C@H](CO)[C@H](O)[C@H](O)[C@H]2O)cc1Cc1ccc(C(=O)O)cc1. The van der Waals surface area contributed by atoms with Crippen molar-refractivity contribution in [2.24, 2.45) is 0 Å². The monoisotopic (exact) mass is 434 g/mol. The third-order valence-electron chi connectivity index (χ3n) is 5.43. The third kappa shape index (κ3) is 4.65. The van der Waals surface area contributed by atoms with E-state index < -0.39 is 43.1 Å². The van der Waals surface area contributed by atoms with Gasteiger partial charge in [-0.25, -0.2) is 4.79 Å². The van der Waals surface area contributed by atoms with Crippen LogP contribution < -0.4 is 9.47 Å². The highest BCUT2D eigenvalue weighted by atomic mass is 16.5. The van der Waals surface area contributed by atoms with Gasteiger partial charge in [-0.3, -0.25) is 0 Å². The molecule has 1 fully saturated rings. The smallest absolute Gasteiger partial charge is 0.335 e. The molecule has 0 aliphatic carbocycles. The van der Waals surface area contributed by atoms with Crippen molar-refractivity contribution in [2.75, 3.05) is 20.8 Å². The van der Waals surface area contributed by atoms with E-state index >= 15 is 0 Å². The number of carbonyl (C=O) groups is 1. The quantitative estimate of drug-likeness (QED) is 0.421. The van der Waals surface area contributed by atoms with Gasteiger partial charge in [-0.15, -0.1) is 0 Å². The molecule has 0 unspecified atom stereocenters. The van der Waals surface area contributed by atoms with E-state index in [-0.39, 0.29) is 5.56 Å². The highest BCUT2D eigenvalue weighted by Gasteiger charge is 2.45. The lowest BCUT2D eigenvalue weighted by Gasteiger charge is -2.40. The summed E-state index contributed by atoms with van der Waals surface area (Å²) in [6.07, 6.45) is -6.17. The molecule has 0 saturated carbocycles. The number of aliphatic hydroxyl groups is 4. The van der Waals surface area contributed by atoms with Gasteiger partial charge in [0, 0.05) is 18.1 Å². The molecule has 0 radical (unpaired) electrons. The molecule has 168 valence electrons. The van der Waals surface area contributed by atoms with E-state index in [2.05, 4.69) is 0 Å². The number of carboxylic acid groups (broad SMARTS) is 1. The topological polar surface area (TPSA) is 146 Å². The molecule has 1 aliphatic heterocycles. The average Bonchev–Trinajstić information content (AvgIpc) is 2.78. The number of hydrogen-bond donors (Lipinski definition) is 5. The Morgan fingerprint density at radius 2 is 1.61 bits per heavy atom. The maximum absolute atomic E-state index is 11.1. The molecule has 2 aromatic rings. The van der Waals surface area contributed by atoms with Crippen molar-refractivity contribution < 1.29 is 44.5 Å². The molecule has 1 aliphatic rings. The van der Waals surface area contributed by atoms with Crippen molar-refractivity contribution in [1.82, 2.24) is 0 Å². The Bertz CT molecular complexity index is 910. The van der Waals surface area contributed by atoms with Gasteiger partial charge in [0.05, 0.1) is 26.4 Å². The molecule has 1 heterocycles. The van der Waals surface area contributed by atoms with Gasteiger partial charge in [0.1, 0.15) is 42.0 Å². The third-order valence-corrected chi connectivity index (χ3v) is 5.43. The maximum atomic E-state index is 11.1. The minimum Gasteiger partial charge on any atom is -0.496 e. The van der Waals surface area contributed by atoms with Crippen LogP contribution in [0.1, 0.15) is 33.2 Å². The highest BCUT2D eigenvalue weighted by Crippen LogP contribution is 2.40. The number of aliphatic hydroxyl groups excluding tert-OH is 4. The zero-order valence-corrected chi connectivity index (χ0v) is 17.1. The Morgan fingerprint density at radius 1 is 0.968 bits per heavy atom. The predicted octanol–water partition coefficient (Wildman–Crippen LogP) is 0.508. The Morgan fingerprint density at radius 3 is 2.16 bits per heavy atom. The Labute approximate surface area is 179 Å². The highest BCUT2D eigenvalue weighted by molar-refractivity contribution is 5.87. The lowest BCUT2D eigenvalue weighted by Crippen LogP contribution is -2.55. The van der Waals surface area contributed by atoms with Gasteiger partial charge in [0.15, 0.2) is 0 Å². The van der Waals surface area contributed by atoms with Gasteiger partial charge in [-0.1, -0.05) is 12.1 Å². The van der Waals surface area contributed by atoms with Crippen LogP contribution in [0.3, 0.4) is 0 Å². The fourth-order valence-electron chi connectivity index (χ4n) is 3.70. The maximum Gasteiger partial charge on any atom is 0.335 e. The van der Waals surface area contributed by atoms with E-state index in [1.807, 2.05) is 0 Å². The van der Waals surface area contributed by atoms with E-state index in [4.69, 9.17) is 19.3 Å². The first-order chi connectivity index (χ1) is 14.8.